The Balaban J connectivity index is 2.24. The minimum Gasteiger partial charge on any atom is -0.282 e. The molecular weight excluding hydrogens is 317 g/mol. The molecule has 3 rings (SSSR count). The summed E-state index contributed by atoms with van der Waals surface area (Å²) < 4.78 is 39.8. The fourth-order valence-electron chi connectivity index (χ4n) is 2.47. The van der Waals surface area contributed by atoms with Gasteiger partial charge in [-0.2, -0.15) is 13.2 Å². The number of nitrogens with one attached hydrogen (secondary N) is 2. The van der Waals surface area contributed by atoms with Crippen molar-refractivity contribution in [1.29, 1.82) is 10.8 Å². The van der Waals surface area contributed by atoms with Crippen LogP contribution in [0.25, 0.3) is 11.0 Å². The van der Waals surface area contributed by atoms with Crippen LogP contribution in [-0.4, -0.2) is 21.6 Å². The molecule has 0 saturated carbocycles. The maximum absolute atomic E-state index is 13.1. The molecule has 1 aromatic heterocycles. The molecule has 1 heterocycles. The Hall–Kier alpha value is -2.96. The molecule has 2 aromatic carbocycles. The van der Waals surface area contributed by atoms with Crippen molar-refractivity contribution in [1.82, 2.24) is 9.55 Å². The highest BCUT2D eigenvalue weighted by Gasteiger charge is 2.37. The molecule has 0 unspecified atom stereocenters. The van der Waals surface area contributed by atoms with Crippen molar-refractivity contribution in [2.24, 2.45) is 0 Å². The van der Waals surface area contributed by atoms with Gasteiger partial charge in [-0.25, -0.2) is 4.98 Å². The Bertz CT molecular complexity index is 959. The lowest BCUT2D eigenvalue weighted by Crippen LogP contribution is -2.39. The van der Waals surface area contributed by atoms with Gasteiger partial charge in [0, 0.05) is 6.42 Å². The highest BCUT2D eigenvalue weighted by atomic mass is 19.4. The number of halogens is 3. The van der Waals surface area contributed by atoms with Crippen molar-refractivity contribution in [2.75, 3.05) is 0 Å². The predicted octanol–water partition coefficient (Wildman–Crippen LogP) is 3.49. The second kappa shape index (κ2) is 5.92. The van der Waals surface area contributed by atoms with E-state index >= 15 is 0 Å². The van der Waals surface area contributed by atoms with E-state index in [-0.39, 0.29) is 17.6 Å². The summed E-state index contributed by atoms with van der Waals surface area (Å²) >= 11 is 0. The number of hydrogen-bond donors (Lipinski definition) is 2. The van der Waals surface area contributed by atoms with Crippen LogP contribution in [0.5, 0.6) is 0 Å². The lowest BCUT2D eigenvalue weighted by atomic mass is 10.1. The molecule has 2 N–H and O–H groups in total. The Morgan fingerprint density at radius 1 is 1.00 bits per heavy atom. The summed E-state index contributed by atoms with van der Waals surface area (Å²) in [4.78, 5) is 4.32. The van der Waals surface area contributed by atoms with Gasteiger partial charge in [0.2, 0.25) is 5.84 Å². The van der Waals surface area contributed by atoms with Crippen molar-refractivity contribution in [3.05, 3.63) is 71.3 Å². The number of hydrogen-bond acceptors (Lipinski definition) is 3. The zero-order chi connectivity index (χ0) is 17.3. The molecule has 0 aliphatic rings. The first-order valence-corrected chi connectivity index (χ1v) is 7.13. The average Bonchev–Trinajstić information content (AvgIpc) is 2.55. The SMILES string of the molecule is N=C(n1c(=N)c(Cc2ccccc2)nc2ccccc21)C(F)(F)F. The van der Waals surface area contributed by atoms with Gasteiger partial charge in [-0.1, -0.05) is 42.5 Å². The maximum atomic E-state index is 13.1. The van der Waals surface area contributed by atoms with Crippen LogP contribution in [0.4, 0.5) is 13.2 Å². The van der Waals surface area contributed by atoms with Gasteiger partial charge in [0.25, 0.3) is 0 Å². The number of nitrogens with zero attached hydrogens (tertiary/aromatic N) is 2. The first-order chi connectivity index (χ1) is 11.4. The number of aromatic nitrogens is 2. The third-order valence-corrected chi connectivity index (χ3v) is 3.58. The van der Waals surface area contributed by atoms with Gasteiger partial charge in [0.05, 0.1) is 16.7 Å². The van der Waals surface area contributed by atoms with Crippen LogP contribution < -0.4 is 5.49 Å². The molecule has 4 nitrogen and oxygen atoms in total. The molecule has 0 aliphatic carbocycles. The standard InChI is InChI=1S/C17H13F3N4/c18-17(19,20)16(22)24-14-9-5-4-8-12(14)23-13(15(24)21)10-11-6-2-1-3-7-11/h1-9,21-22H,10H2. The van der Waals surface area contributed by atoms with E-state index in [0.717, 1.165) is 5.56 Å². The first-order valence-electron chi connectivity index (χ1n) is 7.13. The molecule has 3 aromatic rings. The Labute approximate surface area is 135 Å². The summed E-state index contributed by atoms with van der Waals surface area (Å²) in [7, 11) is 0. The molecule has 0 spiro atoms. The lowest BCUT2D eigenvalue weighted by molar-refractivity contribution is -0.0624. The molecule has 0 amide bonds. The number of rotatable bonds is 2. The van der Waals surface area contributed by atoms with Crippen LogP contribution in [0, 0.1) is 10.8 Å². The summed E-state index contributed by atoms with van der Waals surface area (Å²) in [6.07, 6.45) is -4.63. The quantitative estimate of drug-likeness (QED) is 0.548. The van der Waals surface area contributed by atoms with E-state index in [4.69, 9.17) is 10.8 Å². The van der Waals surface area contributed by atoms with Gasteiger partial charge >= 0.3 is 6.18 Å². The molecule has 0 fully saturated rings. The molecule has 0 aliphatic heterocycles. The third-order valence-electron chi connectivity index (χ3n) is 3.58. The second-order valence-corrected chi connectivity index (χ2v) is 5.24. The van der Waals surface area contributed by atoms with Crippen LogP contribution in [0.2, 0.25) is 0 Å². The second-order valence-electron chi connectivity index (χ2n) is 5.24. The van der Waals surface area contributed by atoms with Crippen molar-refractivity contribution in [3.8, 4) is 0 Å². The number of para-hydroxylation sites is 2. The average molecular weight is 330 g/mol. The van der Waals surface area contributed by atoms with Crippen molar-refractivity contribution in [2.45, 2.75) is 12.6 Å². The summed E-state index contributed by atoms with van der Waals surface area (Å²) in [5.74, 6) is -1.60. The van der Waals surface area contributed by atoms with E-state index in [9.17, 15) is 13.2 Å². The molecule has 0 radical (unpaired) electrons. The van der Waals surface area contributed by atoms with E-state index in [2.05, 4.69) is 4.98 Å². The Kier molecular flexibility index (Phi) is 3.92. The van der Waals surface area contributed by atoms with Crippen LogP contribution in [0.15, 0.2) is 54.6 Å². The predicted molar refractivity (Wildman–Crippen MR) is 84.0 cm³/mol. The molecule has 0 bridgehead atoms. The van der Waals surface area contributed by atoms with Crippen LogP contribution in [0.3, 0.4) is 0 Å². The maximum Gasteiger partial charge on any atom is 0.449 e. The van der Waals surface area contributed by atoms with Crippen LogP contribution >= 0.6 is 0 Å². The lowest BCUT2D eigenvalue weighted by Gasteiger charge is -2.16. The third kappa shape index (κ3) is 2.92. The monoisotopic (exact) mass is 330 g/mol. The minimum absolute atomic E-state index is 0.0848. The number of benzene rings is 2. The van der Waals surface area contributed by atoms with E-state index in [0.29, 0.717) is 10.1 Å². The fraction of sp³-hybridized carbons (Fsp3) is 0.118. The Morgan fingerprint density at radius 3 is 2.29 bits per heavy atom. The van der Waals surface area contributed by atoms with Crippen molar-refractivity contribution >= 4 is 16.9 Å². The summed E-state index contributed by atoms with van der Waals surface area (Å²) in [5.41, 5.74) is 0.989. The van der Waals surface area contributed by atoms with E-state index in [1.165, 1.54) is 6.07 Å². The summed E-state index contributed by atoms with van der Waals surface area (Å²) in [6, 6.07) is 15.3. The van der Waals surface area contributed by atoms with Gasteiger partial charge in [-0.15, -0.1) is 0 Å². The Morgan fingerprint density at radius 2 is 1.62 bits per heavy atom. The van der Waals surface area contributed by atoms with Crippen molar-refractivity contribution in [3.63, 3.8) is 0 Å². The van der Waals surface area contributed by atoms with Crippen LogP contribution in [-0.2, 0) is 6.42 Å². The van der Waals surface area contributed by atoms with E-state index in [1.807, 2.05) is 30.3 Å². The van der Waals surface area contributed by atoms with E-state index < -0.39 is 17.5 Å². The van der Waals surface area contributed by atoms with E-state index in [1.54, 1.807) is 18.2 Å². The van der Waals surface area contributed by atoms with Gasteiger partial charge in [0.1, 0.15) is 0 Å². The normalized spacial score (nSPS) is 11.6. The smallest absolute Gasteiger partial charge is 0.282 e. The highest BCUT2D eigenvalue weighted by Crippen LogP contribution is 2.20. The molecular formula is C17H13F3N4. The summed E-state index contributed by atoms with van der Waals surface area (Å²) in [5, 5.41) is 15.6. The van der Waals surface area contributed by atoms with Crippen molar-refractivity contribution < 1.29 is 13.2 Å². The van der Waals surface area contributed by atoms with Gasteiger partial charge in [-0.05, 0) is 17.7 Å². The van der Waals surface area contributed by atoms with Gasteiger partial charge < -0.3 is 0 Å². The highest BCUT2D eigenvalue weighted by molar-refractivity contribution is 5.94. The minimum atomic E-state index is -4.85. The molecule has 0 atom stereocenters. The zero-order valence-electron chi connectivity index (χ0n) is 12.4. The van der Waals surface area contributed by atoms with Gasteiger partial charge in [-0.3, -0.25) is 15.4 Å². The molecule has 24 heavy (non-hydrogen) atoms. The molecule has 0 saturated heterocycles. The zero-order valence-corrected chi connectivity index (χ0v) is 12.4. The largest absolute Gasteiger partial charge is 0.449 e. The number of alkyl halides is 3. The number of fused-ring (bicyclic) bond motifs is 1. The van der Waals surface area contributed by atoms with Gasteiger partial charge in [0.15, 0.2) is 5.49 Å². The molecule has 122 valence electrons. The van der Waals surface area contributed by atoms with Crippen LogP contribution in [0.1, 0.15) is 11.3 Å². The molecule has 7 heteroatoms. The summed E-state index contributed by atoms with van der Waals surface area (Å²) in [6.45, 7) is 0. The fourth-order valence-corrected chi connectivity index (χ4v) is 2.47. The first kappa shape index (κ1) is 15.9. The topological polar surface area (TPSA) is 65.5 Å².